The lowest BCUT2D eigenvalue weighted by molar-refractivity contribution is 0.532. The van der Waals surface area contributed by atoms with E-state index in [2.05, 4.69) is 38.2 Å². The zero-order chi connectivity index (χ0) is 28.1. The molecule has 1 rings (SSSR count). The van der Waals surface area contributed by atoms with Gasteiger partial charge in [-0.3, -0.25) is 0 Å². The average molecular weight is 561 g/mol. The Morgan fingerprint density at radius 3 is 1.00 bits per heavy atom. The molecule has 1 aromatic rings. The molecule has 0 radical (unpaired) electrons. The summed E-state index contributed by atoms with van der Waals surface area (Å²) < 4.78 is 0. The Morgan fingerprint density at radius 2 is 0.667 bits per heavy atom. The van der Waals surface area contributed by atoms with Gasteiger partial charge >= 0.3 is 0 Å². The molecule has 1 heteroatoms. The van der Waals surface area contributed by atoms with Crippen molar-refractivity contribution in [1.29, 1.82) is 0 Å². The van der Waals surface area contributed by atoms with Crippen LogP contribution < -0.4 is 0 Å². The zero-order valence-corrected chi connectivity index (χ0v) is 28.2. The molecule has 1 aromatic heterocycles. The van der Waals surface area contributed by atoms with Gasteiger partial charge in [0, 0.05) is 9.75 Å². The summed E-state index contributed by atoms with van der Waals surface area (Å²) in [7, 11) is 0. The maximum atomic E-state index is 2.51. The quantitative estimate of drug-likeness (QED) is 0.0792. The summed E-state index contributed by atoms with van der Waals surface area (Å²) in [5, 5.41) is 0. The highest BCUT2D eigenvalue weighted by Crippen LogP contribution is 2.26. The summed E-state index contributed by atoms with van der Waals surface area (Å²) in [6.45, 7) is 6.97. The van der Waals surface area contributed by atoms with Crippen LogP contribution in [0.15, 0.2) is 6.07 Å². The maximum absolute atomic E-state index is 2.51. The van der Waals surface area contributed by atoms with Crippen LogP contribution >= 0.6 is 11.3 Å². The highest BCUT2D eigenvalue weighted by atomic mass is 32.1. The summed E-state index contributed by atoms with van der Waals surface area (Å²) >= 11 is 2.13. The van der Waals surface area contributed by atoms with E-state index in [1.54, 1.807) is 15.3 Å². The van der Waals surface area contributed by atoms with Gasteiger partial charge in [0.05, 0.1) is 0 Å². The lowest BCUT2D eigenvalue weighted by Crippen LogP contribution is -1.86. The average Bonchev–Trinajstić information content (AvgIpc) is 3.29. The fraction of sp³-hybridized carbons (Fsp3) is 0.895. The number of aryl methyl sites for hydroxylation is 3. The predicted molar refractivity (Wildman–Crippen MR) is 182 cm³/mol. The largest absolute Gasteiger partial charge is 0.145 e. The summed E-state index contributed by atoms with van der Waals surface area (Å²) in [6, 6.07) is 2.51. The molecule has 0 N–H and O–H groups in total. The molecule has 39 heavy (non-hydrogen) atoms. The summed E-state index contributed by atoms with van der Waals surface area (Å²) in [5.41, 5.74) is 1.57. The molecule has 1 heterocycles. The second kappa shape index (κ2) is 29.2. The number of hydrogen-bond acceptors (Lipinski definition) is 1. The number of hydrogen-bond donors (Lipinski definition) is 0. The second-order valence-electron chi connectivity index (χ2n) is 12.9. The van der Waals surface area contributed by atoms with Crippen molar-refractivity contribution in [3.8, 4) is 0 Å². The minimum Gasteiger partial charge on any atom is -0.145 e. The van der Waals surface area contributed by atoms with E-state index < -0.39 is 0 Å². The van der Waals surface area contributed by atoms with Gasteiger partial charge in [-0.15, -0.1) is 11.3 Å². The number of unbranched alkanes of at least 4 members (excludes halogenated alkanes) is 27. The lowest BCUT2D eigenvalue weighted by Gasteiger charge is -2.04. The van der Waals surface area contributed by atoms with Crippen molar-refractivity contribution in [1.82, 2.24) is 0 Å². The van der Waals surface area contributed by atoms with Crippen LogP contribution in [0.4, 0.5) is 0 Å². The van der Waals surface area contributed by atoms with Crippen molar-refractivity contribution in [2.75, 3.05) is 0 Å². The Kier molecular flexibility index (Phi) is 27.5. The Morgan fingerprint density at radius 1 is 0.385 bits per heavy atom. The Hall–Kier alpha value is -0.300. The van der Waals surface area contributed by atoms with Crippen molar-refractivity contribution >= 4 is 11.3 Å². The third-order valence-corrected chi connectivity index (χ3v) is 10.2. The van der Waals surface area contributed by atoms with Gasteiger partial charge in [-0.05, 0) is 44.2 Å². The SMILES string of the molecule is CCCCCCCCCCCCCCCCCc1sc(CCCCCCCCCCCCCCCC)cc1C. The second-order valence-corrected chi connectivity index (χ2v) is 14.1. The number of thiophene rings is 1. The van der Waals surface area contributed by atoms with E-state index in [0.717, 1.165) is 0 Å². The first-order valence-corrected chi connectivity index (χ1v) is 19.2. The smallest absolute Gasteiger partial charge is 0.00773 e. The first-order valence-electron chi connectivity index (χ1n) is 18.4. The molecule has 0 aliphatic carbocycles. The van der Waals surface area contributed by atoms with Crippen LogP contribution in [0.5, 0.6) is 0 Å². The highest BCUT2D eigenvalue weighted by Gasteiger charge is 2.06. The standard InChI is InChI=1S/C38H72S/c1-4-6-8-10-12-14-16-18-20-22-24-26-28-30-32-34-38-36(3)35-37(39-38)33-31-29-27-25-23-21-19-17-15-13-11-9-7-5-2/h35H,4-34H2,1-3H3. The van der Waals surface area contributed by atoms with Crippen LogP contribution in [0.2, 0.25) is 0 Å². The molecule has 0 saturated carbocycles. The molecule has 0 aliphatic rings. The molecular formula is C38H72S. The van der Waals surface area contributed by atoms with E-state index in [-0.39, 0.29) is 0 Å². The normalized spacial score (nSPS) is 11.6. The molecule has 0 spiro atoms. The molecule has 0 aromatic carbocycles. The minimum atomic E-state index is 1.32. The van der Waals surface area contributed by atoms with Gasteiger partial charge < -0.3 is 0 Å². The van der Waals surface area contributed by atoms with Crippen LogP contribution in [-0.4, -0.2) is 0 Å². The van der Waals surface area contributed by atoms with Gasteiger partial charge in [-0.2, -0.15) is 0 Å². The molecule has 0 aliphatic heterocycles. The van der Waals surface area contributed by atoms with Crippen LogP contribution in [0, 0.1) is 6.92 Å². The van der Waals surface area contributed by atoms with Crippen molar-refractivity contribution in [2.45, 2.75) is 220 Å². The van der Waals surface area contributed by atoms with Gasteiger partial charge in [-0.25, -0.2) is 0 Å². The van der Waals surface area contributed by atoms with E-state index in [1.807, 2.05) is 0 Å². The fourth-order valence-corrected chi connectivity index (χ4v) is 7.38. The zero-order valence-electron chi connectivity index (χ0n) is 27.4. The Bertz CT molecular complexity index is 600. The summed E-state index contributed by atoms with van der Waals surface area (Å²) in [6.07, 6.45) is 44.8. The van der Waals surface area contributed by atoms with Crippen molar-refractivity contribution in [3.63, 3.8) is 0 Å². The van der Waals surface area contributed by atoms with E-state index in [4.69, 9.17) is 0 Å². The van der Waals surface area contributed by atoms with Crippen LogP contribution in [0.1, 0.15) is 215 Å². The minimum absolute atomic E-state index is 1.32. The van der Waals surface area contributed by atoms with Crippen molar-refractivity contribution in [3.05, 3.63) is 21.4 Å². The third kappa shape index (κ3) is 24.0. The number of rotatable bonds is 31. The Balaban J connectivity index is 1.87. The van der Waals surface area contributed by atoms with Gasteiger partial charge in [0.1, 0.15) is 0 Å². The van der Waals surface area contributed by atoms with Gasteiger partial charge in [0.2, 0.25) is 0 Å². The lowest BCUT2D eigenvalue weighted by atomic mass is 10.0. The third-order valence-electron chi connectivity index (χ3n) is 8.86. The van der Waals surface area contributed by atoms with E-state index in [0.29, 0.717) is 0 Å². The predicted octanol–water partition coefficient (Wildman–Crippen LogP) is 14.5. The molecule has 0 unspecified atom stereocenters. The summed E-state index contributed by atoms with van der Waals surface area (Å²) in [4.78, 5) is 3.34. The van der Waals surface area contributed by atoms with E-state index in [1.165, 1.54) is 199 Å². The molecular weight excluding hydrogens is 488 g/mol. The van der Waals surface area contributed by atoms with Crippen LogP contribution in [-0.2, 0) is 12.8 Å². The Labute approximate surface area is 251 Å². The molecule has 0 amide bonds. The fourth-order valence-electron chi connectivity index (χ4n) is 6.11. The maximum Gasteiger partial charge on any atom is 0.00773 e. The monoisotopic (exact) mass is 561 g/mol. The molecule has 0 saturated heterocycles. The van der Waals surface area contributed by atoms with Gasteiger partial charge in [0.25, 0.3) is 0 Å². The van der Waals surface area contributed by atoms with Crippen molar-refractivity contribution in [2.24, 2.45) is 0 Å². The van der Waals surface area contributed by atoms with Crippen LogP contribution in [0.25, 0.3) is 0 Å². The first kappa shape index (κ1) is 36.7. The van der Waals surface area contributed by atoms with E-state index in [9.17, 15) is 0 Å². The summed E-state index contributed by atoms with van der Waals surface area (Å²) in [5.74, 6) is 0. The molecule has 0 atom stereocenters. The van der Waals surface area contributed by atoms with Gasteiger partial charge in [0.15, 0.2) is 0 Å². The van der Waals surface area contributed by atoms with Crippen molar-refractivity contribution < 1.29 is 0 Å². The molecule has 230 valence electrons. The molecule has 0 nitrogen and oxygen atoms in total. The first-order chi connectivity index (χ1) is 19.3. The molecule has 0 fully saturated rings. The van der Waals surface area contributed by atoms with Gasteiger partial charge in [-0.1, -0.05) is 187 Å². The van der Waals surface area contributed by atoms with E-state index >= 15 is 0 Å². The van der Waals surface area contributed by atoms with Crippen LogP contribution in [0.3, 0.4) is 0 Å². The topological polar surface area (TPSA) is 0 Å². The highest BCUT2D eigenvalue weighted by molar-refractivity contribution is 7.12. The molecule has 0 bridgehead atoms.